The van der Waals surface area contributed by atoms with E-state index in [0.717, 1.165) is 18.2 Å². The molecule has 0 aliphatic carbocycles. The zero-order valence-corrected chi connectivity index (χ0v) is 16.1. The van der Waals surface area contributed by atoms with Crippen LogP contribution in [0.1, 0.15) is 6.42 Å². The first-order valence-electron chi connectivity index (χ1n) is 8.86. The van der Waals surface area contributed by atoms with E-state index < -0.39 is 51.9 Å². The number of nitro groups is 2. The fourth-order valence-electron chi connectivity index (χ4n) is 3.66. The van der Waals surface area contributed by atoms with Gasteiger partial charge in [0.1, 0.15) is 24.4 Å². The normalized spacial score (nSPS) is 31.7. The highest BCUT2D eigenvalue weighted by Crippen LogP contribution is 2.37. The van der Waals surface area contributed by atoms with Crippen LogP contribution >= 0.6 is 0 Å². The molecule has 0 amide bonds. The molecule has 1 aromatic carbocycles. The zero-order valence-electron chi connectivity index (χ0n) is 16.1. The minimum atomic E-state index is -1.09. The van der Waals surface area contributed by atoms with Gasteiger partial charge in [0.05, 0.1) is 22.0 Å². The van der Waals surface area contributed by atoms with Crippen molar-refractivity contribution in [3.63, 3.8) is 0 Å². The number of fused-ring (bicyclic) bond motifs is 1. The molecule has 3 rings (SSSR count). The average molecular weight is 414 g/mol. The summed E-state index contributed by atoms with van der Waals surface area (Å²) in [6, 6.07) is 3.11. The molecular formula is C17H22N2O10. The molecule has 29 heavy (non-hydrogen) atoms. The number of ether oxygens (including phenoxy) is 6. The van der Waals surface area contributed by atoms with E-state index in [2.05, 4.69) is 0 Å². The van der Waals surface area contributed by atoms with E-state index in [-0.39, 0.29) is 11.9 Å². The Morgan fingerprint density at radius 3 is 2.31 bits per heavy atom. The predicted molar refractivity (Wildman–Crippen MR) is 95.8 cm³/mol. The van der Waals surface area contributed by atoms with E-state index in [1.807, 2.05) is 0 Å². The van der Waals surface area contributed by atoms with Crippen LogP contribution in [0.5, 0.6) is 5.75 Å². The van der Waals surface area contributed by atoms with Gasteiger partial charge in [-0.1, -0.05) is 0 Å². The Bertz CT molecular complexity index is 758. The van der Waals surface area contributed by atoms with Crippen molar-refractivity contribution < 1.29 is 38.3 Å². The van der Waals surface area contributed by atoms with Crippen molar-refractivity contribution in [2.75, 3.05) is 27.9 Å². The third-order valence-corrected chi connectivity index (χ3v) is 5.05. The zero-order chi connectivity index (χ0) is 21.1. The van der Waals surface area contributed by atoms with Gasteiger partial charge in [-0.05, 0) is 12.5 Å². The molecule has 0 saturated carbocycles. The highest BCUT2D eigenvalue weighted by molar-refractivity contribution is 5.53. The van der Waals surface area contributed by atoms with E-state index in [0.29, 0.717) is 13.0 Å². The molecule has 0 unspecified atom stereocenters. The number of methoxy groups -OCH3 is 3. The van der Waals surface area contributed by atoms with E-state index in [1.165, 1.54) is 14.2 Å². The first-order valence-corrected chi connectivity index (χ1v) is 8.86. The number of non-ortho nitro benzene ring substituents is 1. The summed E-state index contributed by atoms with van der Waals surface area (Å²) in [5.74, 6) is -0.188. The van der Waals surface area contributed by atoms with Crippen LogP contribution in [0.2, 0.25) is 0 Å². The Kier molecular flexibility index (Phi) is 6.59. The minimum Gasteiger partial charge on any atom is -0.455 e. The molecule has 2 heterocycles. The highest BCUT2D eigenvalue weighted by Gasteiger charge is 2.53. The molecule has 2 fully saturated rings. The van der Waals surface area contributed by atoms with Crippen LogP contribution in [0.3, 0.4) is 0 Å². The van der Waals surface area contributed by atoms with Crippen molar-refractivity contribution in [1.82, 2.24) is 0 Å². The fourth-order valence-corrected chi connectivity index (χ4v) is 3.66. The number of nitro benzene ring substituents is 2. The summed E-state index contributed by atoms with van der Waals surface area (Å²) in [6.07, 6.45) is -3.17. The van der Waals surface area contributed by atoms with Gasteiger partial charge in [-0.3, -0.25) is 20.2 Å². The molecule has 0 bridgehead atoms. The van der Waals surface area contributed by atoms with Gasteiger partial charge >= 0.3 is 5.69 Å². The Balaban J connectivity index is 1.92. The molecule has 0 aromatic heterocycles. The quantitative estimate of drug-likeness (QED) is 0.475. The fraction of sp³-hybridized carbons (Fsp3) is 0.647. The largest absolute Gasteiger partial charge is 0.455 e. The number of nitrogens with zero attached hydrogens (tertiary/aromatic N) is 2. The van der Waals surface area contributed by atoms with E-state index in [4.69, 9.17) is 28.4 Å². The number of hydrogen-bond acceptors (Lipinski definition) is 10. The lowest BCUT2D eigenvalue weighted by molar-refractivity contribution is -0.395. The van der Waals surface area contributed by atoms with Gasteiger partial charge in [-0.2, -0.15) is 0 Å². The van der Waals surface area contributed by atoms with Gasteiger partial charge in [0.15, 0.2) is 0 Å². The second-order valence-corrected chi connectivity index (χ2v) is 6.55. The van der Waals surface area contributed by atoms with Gasteiger partial charge in [0, 0.05) is 34.0 Å². The maximum Gasteiger partial charge on any atom is 0.317 e. The molecule has 2 aliphatic heterocycles. The van der Waals surface area contributed by atoms with Crippen LogP contribution in [0.4, 0.5) is 11.4 Å². The van der Waals surface area contributed by atoms with Crippen LogP contribution in [0, 0.1) is 20.2 Å². The van der Waals surface area contributed by atoms with Crippen LogP contribution in [0.15, 0.2) is 18.2 Å². The SMILES string of the molecule is CO[C@H]1[C@@H]2OCC[C@@H](OC)[C@H]2O[C@@H](Oc2ccc([N+](=O)[O-])cc2[N+](=O)[O-])[C@@H]1OC. The van der Waals surface area contributed by atoms with Crippen molar-refractivity contribution in [3.05, 3.63) is 38.4 Å². The third kappa shape index (κ3) is 4.16. The lowest BCUT2D eigenvalue weighted by Crippen LogP contribution is -2.65. The lowest BCUT2D eigenvalue weighted by atomic mass is 9.91. The summed E-state index contributed by atoms with van der Waals surface area (Å²) in [5.41, 5.74) is -0.983. The summed E-state index contributed by atoms with van der Waals surface area (Å²) >= 11 is 0. The number of hydrogen-bond donors (Lipinski definition) is 0. The second kappa shape index (κ2) is 8.97. The molecule has 12 nitrogen and oxygen atoms in total. The summed E-state index contributed by atoms with van der Waals surface area (Å²) in [4.78, 5) is 20.9. The maximum absolute atomic E-state index is 11.4. The predicted octanol–water partition coefficient (Wildman–Crippen LogP) is 1.44. The molecule has 2 aliphatic rings. The van der Waals surface area contributed by atoms with E-state index in [1.54, 1.807) is 7.11 Å². The lowest BCUT2D eigenvalue weighted by Gasteiger charge is -2.48. The molecule has 1 aromatic rings. The smallest absolute Gasteiger partial charge is 0.317 e. The number of benzene rings is 1. The Morgan fingerprint density at radius 2 is 1.72 bits per heavy atom. The van der Waals surface area contributed by atoms with Gasteiger partial charge in [0.25, 0.3) is 5.69 Å². The second-order valence-electron chi connectivity index (χ2n) is 6.55. The molecule has 0 spiro atoms. The monoisotopic (exact) mass is 414 g/mol. The standard InChI is InChI=1S/C17H22N2O10/c1-24-12-6-7-27-15-13(12)29-17(16(26-3)14(15)25-2)28-11-5-4-9(18(20)21)8-10(11)19(22)23/h4-5,8,12-17H,6-7H2,1-3H3/t12-,13-,14+,15-,16-,17-/m1/s1. The van der Waals surface area contributed by atoms with Crippen LogP contribution < -0.4 is 4.74 Å². The van der Waals surface area contributed by atoms with E-state index in [9.17, 15) is 20.2 Å². The summed E-state index contributed by atoms with van der Waals surface area (Å²) in [6.45, 7) is 0.457. The third-order valence-electron chi connectivity index (χ3n) is 5.05. The molecule has 160 valence electrons. The van der Waals surface area contributed by atoms with Crippen molar-refractivity contribution >= 4 is 11.4 Å². The highest BCUT2D eigenvalue weighted by atomic mass is 16.7. The van der Waals surface area contributed by atoms with Crippen molar-refractivity contribution in [2.24, 2.45) is 0 Å². The van der Waals surface area contributed by atoms with Gasteiger partial charge in [-0.25, -0.2) is 0 Å². The van der Waals surface area contributed by atoms with E-state index >= 15 is 0 Å². The first kappa shape index (κ1) is 21.3. The van der Waals surface area contributed by atoms with Crippen LogP contribution in [-0.4, -0.2) is 74.6 Å². The van der Waals surface area contributed by atoms with Gasteiger partial charge in [-0.15, -0.1) is 0 Å². The summed E-state index contributed by atoms with van der Waals surface area (Å²) in [7, 11) is 4.47. The van der Waals surface area contributed by atoms with Crippen LogP contribution in [-0.2, 0) is 23.7 Å². The molecular weight excluding hydrogens is 392 g/mol. The summed E-state index contributed by atoms with van der Waals surface area (Å²) in [5, 5.41) is 22.3. The minimum absolute atomic E-state index is 0.188. The first-order chi connectivity index (χ1) is 13.9. The average Bonchev–Trinajstić information content (AvgIpc) is 2.72. The van der Waals surface area contributed by atoms with Gasteiger partial charge < -0.3 is 28.4 Å². The molecule has 2 saturated heterocycles. The molecule has 0 N–H and O–H groups in total. The maximum atomic E-state index is 11.4. The van der Waals surface area contributed by atoms with Gasteiger partial charge in [0.2, 0.25) is 12.0 Å². The van der Waals surface area contributed by atoms with Crippen molar-refractivity contribution in [2.45, 2.75) is 43.2 Å². The Labute approximate surface area is 165 Å². The summed E-state index contributed by atoms with van der Waals surface area (Å²) < 4.78 is 34.1. The van der Waals surface area contributed by atoms with Crippen molar-refractivity contribution in [1.29, 1.82) is 0 Å². The molecule has 0 radical (unpaired) electrons. The van der Waals surface area contributed by atoms with Crippen molar-refractivity contribution in [3.8, 4) is 5.75 Å². The Hall–Kier alpha value is -2.38. The number of rotatable bonds is 7. The molecule has 6 atom stereocenters. The molecule has 12 heteroatoms. The topological polar surface area (TPSA) is 142 Å². The van der Waals surface area contributed by atoms with Crippen LogP contribution in [0.25, 0.3) is 0 Å². The Morgan fingerprint density at radius 1 is 1.00 bits per heavy atom.